The zero-order chi connectivity index (χ0) is 8.27. The standard InChI is InChI=1S/C6H11N5/c1-4(2)6(9-7)5-3-8-11-10-5/h3,6,9H,1,7H2,2H3,(H,8,10,11). The molecule has 0 saturated heterocycles. The van der Waals surface area contributed by atoms with E-state index in [2.05, 4.69) is 27.4 Å². The number of hydrogen-bond acceptors (Lipinski definition) is 4. The summed E-state index contributed by atoms with van der Waals surface area (Å²) in [4.78, 5) is 0. The van der Waals surface area contributed by atoms with Crippen molar-refractivity contribution < 1.29 is 0 Å². The van der Waals surface area contributed by atoms with Gasteiger partial charge in [-0.15, -0.1) is 0 Å². The van der Waals surface area contributed by atoms with Crippen LogP contribution in [0.25, 0.3) is 0 Å². The maximum atomic E-state index is 5.27. The van der Waals surface area contributed by atoms with E-state index in [1.54, 1.807) is 6.20 Å². The maximum Gasteiger partial charge on any atom is 0.105 e. The van der Waals surface area contributed by atoms with Crippen LogP contribution in [-0.4, -0.2) is 15.4 Å². The molecule has 5 nitrogen and oxygen atoms in total. The number of hydrazine groups is 1. The van der Waals surface area contributed by atoms with E-state index < -0.39 is 0 Å². The smallest absolute Gasteiger partial charge is 0.105 e. The highest BCUT2D eigenvalue weighted by atomic mass is 15.3. The normalized spacial score (nSPS) is 12.9. The van der Waals surface area contributed by atoms with Crippen LogP contribution in [0.2, 0.25) is 0 Å². The van der Waals surface area contributed by atoms with Gasteiger partial charge in [0, 0.05) is 0 Å². The SMILES string of the molecule is C=C(C)C(NN)c1cn[nH]n1. The van der Waals surface area contributed by atoms with E-state index in [1.807, 2.05) is 6.92 Å². The third kappa shape index (κ3) is 1.63. The predicted molar refractivity (Wildman–Crippen MR) is 41.3 cm³/mol. The largest absolute Gasteiger partial charge is 0.271 e. The molecule has 0 saturated carbocycles. The van der Waals surface area contributed by atoms with Crippen LogP contribution >= 0.6 is 0 Å². The fraction of sp³-hybridized carbons (Fsp3) is 0.333. The van der Waals surface area contributed by atoms with E-state index in [4.69, 9.17) is 5.84 Å². The van der Waals surface area contributed by atoms with Gasteiger partial charge in [0.05, 0.1) is 12.2 Å². The molecule has 0 bridgehead atoms. The number of rotatable bonds is 3. The first-order valence-corrected chi connectivity index (χ1v) is 3.23. The summed E-state index contributed by atoms with van der Waals surface area (Å²) in [6.45, 7) is 5.63. The third-order valence-electron chi connectivity index (χ3n) is 1.39. The molecular formula is C6H11N5. The van der Waals surface area contributed by atoms with Gasteiger partial charge in [0.1, 0.15) is 5.69 Å². The van der Waals surface area contributed by atoms with E-state index in [1.165, 1.54) is 0 Å². The Morgan fingerprint density at radius 1 is 1.91 bits per heavy atom. The van der Waals surface area contributed by atoms with Crippen molar-refractivity contribution in [1.29, 1.82) is 0 Å². The van der Waals surface area contributed by atoms with E-state index in [0.717, 1.165) is 11.3 Å². The fourth-order valence-corrected chi connectivity index (χ4v) is 0.830. The van der Waals surface area contributed by atoms with Crippen LogP contribution in [-0.2, 0) is 0 Å². The average molecular weight is 153 g/mol. The first kappa shape index (κ1) is 7.90. The van der Waals surface area contributed by atoms with Crippen LogP contribution in [0.15, 0.2) is 18.3 Å². The molecule has 0 amide bonds. The van der Waals surface area contributed by atoms with Gasteiger partial charge < -0.3 is 0 Å². The van der Waals surface area contributed by atoms with Gasteiger partial charge in [-0.1, -0.05) is 12.2 Å². The highest BCUT2D eigenvalue weighted by Gasteiger charge is 2.11. The second-order valence-electron chi connectivity index (χ2n) is 2.34. The van der Waals surface area contributed by atoms with E-state index >= 15 is 0 Å². The molecule has 0 aromatic carbocycles. The molecule has 1 rings (SSSR count). The zero-order valence-corrected chi connectivity index (χ0v) is 6.33. The lowest BCUT2D eigenvalue weighted by molar-refractivity contribution is 0.609. The Morgan fingerprint density at radius 3 is 3.00 bits per heavy atom. The summed E-state index contributed by atoms with van der Waals surface area (Å²) >= 11 is 0. The minimum atomic E-state index is -0.117. The van der Waals surface area contributed by atoms with Gasteiger partial charge in [0.25, 0.3) is 0 Å². The molecule has 0 aliphatic rings. The van der Waals surface area contributed by atoms with Gasteiger partial charge in [-0.2, -0.15) is 15.4 Å². The minimum absolute atomic E-state index is 0.117. The Bertz CT molecular complexity index is 227. The molecule has 0 aliphatic carbocycles. The molecule has 5 heteroatoms. The van der Waals surface area contributed by atoms with Crippen molar-refractivity contribution in [3.05, 3.63) is 24.0 Å². The van der Waals surface area contributed by atoms with Crippen LogP contribution in [0.4, 0.5) is 0 Å². The molecular weight excluding hydrogens is 142 g/mol. The molecule has 0 spiro atoms. The quantitative estimate of drug-likeness (QED) is 0.321. The van der Waals surface area contributed by atoms with Crippen molar-refractivity contribution in [3.63, 3.8) is 0 Å². The number of nitrogens with one attached hydrogen (secondary N) is 2. The minimum Gasteiger partial charge on any atom is -0.271 e. The van der Waals surface area contributed by atoms with Crippen LogP contribution < -0.4 is 11.3 Å². The molecule has 1 heterocycles. The van der Waals surface area contributed by atoms with Crippen molar-refractivity contribution in [2.45, 2.75) is 13.0 Å². The maximum absolute atomic E-state index is 5.27. The lowest BCUT2D eigenvalue weighted by Crippen LogP contribution is -2.28. The number of nitrogens with zero attached hydrogens (tertiary/aromatic N) is 2. The molecule has 1 atom stereocenters. The highest BCUT2D eigenvalue weighted by Crippen LogP contribution is 2.14. The Labute approximate surface area is 64.6 Å². The van der Waals surface area contributed by atoms with Gasteiger partial charge in [0.15, 0.2) is 0 Å². The first-order valence-electron chi connectivity index (χ1n) is 3.23. The Balaban J connectivity index is 2.79. The summed E-state index contributed by atoms with van der Waals surface area (Å²) < 4.78 is 0. The van der Waals surface area contributed by atoms with Crippen LogP contribution in [0.1, 0.15) is 18.7 Å². The number of aromatic nitrogens is 3. The van der Waals surface area contributed by atoms with E-state index in [-0.39, 0.29) is 6.04 Å². The second kappa shape index (κ2) is 3.27. The Hall–Kier alpha value is -1.20. The molecule has 1 aromatic heterocycles. The molecule has 0 radical (unpaired) electrons. The predicted octanol–water partition coefficient (Wildman–Crippen LogP) is -0.115. The topological polar surface area (TPSA) is 79.6 Å². The van der Waals surface area contributed by atoms with Crippen molar-refractivity contribution in [3.8, 4) is 0 Å². The number of hydrogen-bond donors (Lipinski definition) is 3. The third-order valence-corrected chi connectivity index (χ3v) is 1.39. The first-order chi connectivity index (χ1) is 5.25. The van der Waals surface area contributed by atoms with Crippen molar-refractivity contribution in [2.24, 2.45) is 5.84 Å². The molecule has 4 N–H and O–H groups in total. The van der Waals surface area contributed by atoms with Crippen molar-refractivity contribution in [1.82, 2.24) is 20.8 Å². The second-order valence-corrected chi connectivity index (χ2v) is 2.34. The van der Waals surface area contributed by atoms with E-state index in [0.29, 0.717) is 0 Å². The lowest BCUT2D eigenvalue weighted by Gasteiger charge is -2.11. The molecule has 0 fully saturated rings. The van der Waals surface area contributed by atoms with Crippen molar-refractivity contribution >= 4 is 0 Å². The van der Waals surface area contributed by atoms with Crippen LogP contribution in [0.3, 0.4) is 0 Å². The Morgan fingerprint density at radius 2 is 2.64 bits per heavy atom. The van der Waals surface area contributed by atoms with Gasteiger partial charge in [-0.3, -0.25) is 5.84 Å². The Kier molecular flexibility index (Phi) is 2.35. The summed E-state index contributed by atoms with van der Waals surface area (Å²) in [5.41, 5.74) is 4.24. The molecule has 11 heavy (non-hydrogen) atoms. The highest BCUT2D eigenvalue weighted by molar-refractivity contribution is 5.14. The van der Waals surface area contributed by atoms with Crippen molar-refractivity contribution in [2.75, 3.05) is 0 Å². The summed E-state index contributed by atoms with van der Waals surface area (Å²) in [5.74, 6) is 5.27. The van der Waals surface area contributed by atoms with Crippen LogP contribution in [0, 0.1) is 0 Å². The van der Waals surface area contributed by atoms with Gasteiger partial charge in [-0.25, -0.2) is 5.43 Å². The van der Waals surface area contributed by atoms with Gasteiger partial charge >= 0.3 is 0 Å². The molecule has 1 unspecified atom stereocenters. The lowest BCUT2D eigenvalue weighted by atomic mass is 10.1. The summed E-state index contributed by atoms with van der Waals surface area (Å²) in [5, 5.41) is 10.0. The van der Waals surface area contributed by atoms with Crippen LogP contribution in [0.5, 0.6) is 0 Å². The number of aromatic amines is 1. The summed E-state index contributed by atoms with van der Waals surface area (Å²) in [6, 6.07) is -0.117. The fourth-order valence-electron chi connectivity index (χ4n) is 0.830. The van der Waals surface area contributed by atoms with Gasteiger partial charge in [-0.05, 0) is 6.92 Å². The molecule has 1 aromatic rings. The monoisotopic (exact) mass is 153 g/mol. The van der Waals surface area contributed by atoms with E-state index in [9.17, 15) is 0 Å². The summed E-state index contributed by atoms with van der Waals surface area (Å²) in [6.07, 6.45) is 1.61. The molecule has 0 aliphatic heterocycles. The number of nitrogens with two attached hydrogens (primary N) is 1. The summed E-state index contributed by atoms with van der Waals surface area (Å²) in [7, 11) is 0. The average Bonchev–Trinajstić information content (AvgIpc) is 2.40. The molecule has 60 valence electrons. The van der Waals surface area contributed by atoms with Gasteiger partial charge in [0.2, 0.25) is 0 Å². The zero-order valence-electron chi connectivity index (χ0n) is 6.33. The number of H-pyrrole nitrogens is 1.